The molecule has 2 amide bonds. The smallest absolute Gasteiger partial charge is 0.224 e. The summed E-state index contributed by atoms with van der Waals surface area (Å²) >= 11 is 1.76. The molecule has 1 saturated heterocycles. The van der Waals surface area contributed by atoms with E-state index >= 15 is 0 Å². The lowest BCUT2D eigenvalue weighted by Crippen LogP contribution is -2.31. The largest absolute Gasteiger partial charge is 0.397 e. The summed E-state index contributed by atoms with van der Waals surface area (Å²) in [6, 6.07) is 32.8. The number of carbonyl (C=O) groups excluding carboxylic acids is 2. The third-order valence-corrected chi connectivity index (χ3v) is 8.70. The zero-order chi connectivity index (χ0) is 31.4. The van der Waals surface area contributed by atoms with Crippen LogP contribution in [0, 0.1) is 0 Å². The molecule has 3 atom stereocenters. The maximum absolute atomic E-state index is 12.6. The summed E-state index contributed by atoms with van der Waals surface area (Å²) in [5.41, 5.74) is 10.4. The summed E-state index contributed by atoms with van der Waals surface area (Å²) in [7, 11) is 0. The number of ether oxygens (including phenoxy) is 2. The maximum atomic E-state index is 12.6. The molecular weight excluding hydrogens is 586 g/mol. The highest BCUT2D eigenvalue weighted by molar-refractivity contribution is 7.99. The van der Waals surface area contributed by atoms with Crippen LogP contribution in [0.4, 0.5) is 17.1 Å². The molecule has 0 spiro atoms. The van der Waals surface area contributed by atoms with Crippen molar-refractivity contribution in [3.63, 3.8) is 0 Å². The van der Waals surface area contributed by atoms with Gasteiger partial charge in [-0.2, -0.15) is 0 Å². The van der Waals surface area contributed by atoms with Crippen molar-refractivity contribution in [3.05, 3.63) is 120 Å². The second kappa shape index (κ2) is 16.2. The second-order valence-corrected chi connectivity index (χ2v) is 12.1. The van der Waals surface area contributed by atoms with Crippen LogP contribution in [-0.2, 0) is 25.7 Å². The summed E-state index contributed by atoms with van der Waals surface area (Å²) in [5, 5.41) is 15.2. The van der Waals surface area contributed by atoms with Gasteiger partial charge in [0.25, 0.3) is 0 Å². The van der Waals surface area contributed by atoms with Crippen LogP contribution in [0.25, 0.3) is 0 Å². The first-order chi connectivity index (χ1) is 22.0. The van der Waals surface area contributed by atoms with E-state index in [1.165, 1.54) is 4.90 Å². The monoisotopic (exact) mass is 625 g/mol. The number of nitrogens with two attached hydrogens (primary N) is 1. The molecule has 1 fully saturated rings. The van der Waals surface area contributed by atoms with E-state index in [2.05, 4.69) is 22.8 Å². The van der Waals surface area contributed by atoms with Crippen LogP contribution in [0.3, 0.4) is 0 Å². The van der Waals surface area contributed by atoms with Crippen LogP contribution in [0.1, 0.15) is 61.2 Å². The molecule has 1 aliphatic rings. The Bertz CT molecular complexity index is 1530. The first-order valence-corrected chi connectivity index (χ1v) is 16.2. The van der Waals surface area contributed by atoms with Crippen molar-refractivity contribution in [2.75, 3.05) is 22.1 Å². The normalized spacial score (nSPS) is 17.8. The minimum Gasteiger partial charge on any atom is -0.397 e. The molecule has 9 heteroatoms. The molecule has 5 N–H and O–H groups in total. The third-order valence-electron chi connectivity index (χ3n) is 7.55. The lowest BCUT2D eigenvalue weighted by atomic mass is 10.0. The SMILES string of the molecule is Nc1ccccc1NC(=O)CCCCC(=O)Nc1ccc([C@H]2O[C@@H](CSc3ccccc3)C[C@@H](c3ccc(CO)cc3)O2)cc1. The van der Waals surface area contributed by atoms with Gasteiger partial charge in [-0.3, -0.25) is 9.59 Å². The summed E-state index contributed by atoms with van der Waals surface area (Å²) in [6.07, 6.45) is 1.76. The van der Waals surface area contributed by atoms with Crippen molar-refractivity contribution in [1.29, 1.82) is 0 Å². The topological polar surface area (TPSA) is 123 Å². The van der Waals surface area contributed by atoms with Crippen LogP contribution >= 0.6 is 11.8 Å². The second-order valence-electron chi connectivity index (χ2n) is 11.0. The van der Waals surface area contributed by atoms with Gasteiger partial charge < -0.3 is 30.9 Å². The van der Waals surface area contributed by atoms with Gasteiger partial charge in [-0.25, -0.2) is 0 Å². The quantitative estimate of drug-likeness (QED) is 0.0702. The molecule has 45 heavy (non-hydrogen) atoms. The van der Waals surface area contributed by atoms with Gasteiger partial charge in [0.2, 0.25) is 11.8 Å². The molecular formula is C36H39N3O5S. The average Bonchev–Trinajstić information content (AvgIpc) is 3.07. The van der Waals surface area contributed by atoms with Crippen LogP contribution in [0.5, 0.6) is 0 Å². The molecule has 1 heterocycles. The van der Waals surface area contributed by atoms with Gasteiger partial charge in [0.15, 0.2) is 6.29 Å². The van der Waals surface area contributed by atoms with Gasteiger partial charge >= 0.3 is 0 Å². The molecule has 4 aromatic rings. The zero-order valence-electron chi connectivity index (χ0n) is 25.1. The number of amides is 2. The van der Waals surface area contributed by atoms with E-state index in [4.69, 9.17) is 15.2 Å². The predicted molar refractivity (Wildman–Crippen MR) is 179 cm³/mol. The number of carbonyl (C=O) groups is 2. The molecule has 0 bridgehead atoms. The van der Waals surface area contributed by atoms with Crippen LogP contribution in [0.2, 0.25) is 0 Å². The van der Waals surface area contributed by atoms with Gasteiger partial charge in [-0.1, -0.05) is 66.7 Å². The standard InChI is InChI=1S/C36H39N3O5S/c37-31-10-4-5-11-32(31)39-35(42)13-7-6-12-34(41)38-28-20-18-27(19-21-28)36-43-29(24-45-30-8-2-1-3-9-30)22-33(44-36)26-16-14-25(23-40)15-17-26/h1-5,8-11,14-21,29,33,36,40H,6-7,12-13,22-24,37H2,(H,38,41)(H,39,42)/t29-,33+,36+/m1/s1. The summed E-state index contributed by atoms with van der Waals surface area (Å²) in [4.78, 5) is 26.0. The first kappa shape index (κ1) is 32.2. The number of hydrogen-bond acceptors (Lipinski definition) is 7. The van der Waals surface area contributed by atoms with Crippen molar-refractivity contribution in [3.8, 4) is 0 Å². The maximum Gasteiger partial charge on any atom is 0.224 e. The molecule has 1 aliphatic heterocycles. The highest BCUT2D eigenvalue weighted by Gasteiger charge is 2.32. The van der Waals surface area contributed by atoms with Crippen molar-refractivity contribution in [1.82, 2.24) is 0 Å². The van der Waals surface area contributed by atoms with E-state index in [1.807, 2.05) is 78.9 Å². The molecule has 5 rings (SSSR count). The number of rotatable bonds is 13. The fraction of sp³-hybridized carbons (Fsp3) is 0.278. The highest BCUT2D eigenvalue weighted by atomic mass is 32.2. The Labute approximate surface area is 268 Å². The van der Waals surface area contributed by atoms with Crippen molar-refractivity contribution in [2.24, 2.45) is 0 Å². The number of hydrogen-bond donors (Lipinski definition) is 4. The fourth-order valence-corrected chi connectivity index (χ4v) is 6.01. The number of benzene rings is 4. The van der Waals surface area contributed by atoms with E-state index in [1.54, 1.807) is 23.9 Å². The number of aliphatic hydroxyl groups is 1. The van der Waals surface area contributed by atoms with Crippen molar-refractivity contribution in [2.45, 2.75) is 62.1 Å². The Hall–Kier alpha value is -4.15. The Balaban J connectivity index is 1.13. The van der Waals surface area contributed by atoms with Crippen molar-refractivity contribution >= 4 is 40.6 Å². The van der Waals surface area contributed by atoms with E-state index < -0.39 is 6.29 Å². The van der Waals surface area contributed by atoms with Gasteiger partial charge in [0.1, 0.15) is 0 Å². The molecule has 0 unspecified atom stereocenters. The van der Waals surface area contributed by atoms with Crippen LogP contribution in [0.15, 0.2) is 108 Å². The fourth-order valence-electron chi connectivity index (χ4n) is 5.07. The van der Waals surface area contributed by atoms with E-state index in [9.17, 15) is 14.7 Å². The summed E-state index contributed by atoms with van der Waals surface area (Å²) in [6.45, 7) is -0.00138. The Morgan fingerprint density at radius 2 is 1.42 bits per heavy atom. The van der Waals surface area contributed by atoms with Gasteiger partial charge in [0, 0.05) is 41.2 Å². The molecule has 4 aromatic carbocycles. The minimum atomic E-state index is -0.565. The van der Waals surface area contributed by atoms with Gasteiger partial charge in [-0.05, 0) is 60.4 Å². The molecule has 0 aliphatic carbocycles. The first-order valence-electron chi connectivity index (χ1n) is 15.2. The van der Waals surface area contributed by atoms with Crippen molar-refractivity contribution < 1.29 is 24.2 Å². The lowest BCUT2D eigenvalue weighted by molar-refractivity contribution is -0.245. The van der Waals surface area contributed by atoms with E-state index in [-0.39, 0.29) is 30.6 Å². The molecule has 234 valence electrons. The number of thioether (sulfide) groups is 1. The Morgan fingerprint density at radius 3 is 2.11 bits per heavy atom. The predicted octanol–water partition coefficient (Wildman–Crippen LogP) is 7.24. The summed E-state index contributed by atoms with van der Waals surface area (Å²) in [5.74, 6) is 0.553. The Morgan fingerprint density at radius 1 is 0.778 bits per heavy atom. The minimum absolute atomic E-state index is 0.00138. The average molecular weight is 626 g/mol. The zero-order valence-corrected chi connectivity index (χ0v) is 25.9. The van der Waals surface area contributed by atoms with Crippen LogP contribution in [-0.4, -0.2) is 28.8 Å². The molecule has 0 radical (unpaired) electrons. The van der Waals surface area contributed by atoms with Crippen LogP contribution < -0.4 is 16.4 Å². The number of anilines is 3. The molecule has 0 saturated carbocycles. The van der Waals surface area contributed by atoms with E-state index in [0.29, 0.717) is 49.2 Å². The Kier molecular flexibility index (Phi) is 11.6. The summed E-state index contributed by atoms with van der Waals surface area (Å²) < 4.78 is 12.9. The highest BCUT2D eigenvalue weighted by Crippen LogP contribution is 2.39. The van der Waals surface area contributed by atoms with Gasteiger partial charge in [0.05, 0.1) is 30.2 Å². The third kappa shape index (κ3) is 9.67. The number of nitrogens with one attached hydrogen (secondary N) is 2. The number of para-hydroxylation sites is 2. The number of aliphatic hydroxyl groups excluding tert-OH is 1. The number of unbranched alkanes of at least 4 members (excludes halogenated alkanes) is 1. The molecule has 0 aromatic heterocycles. The van der Waals surface area contributed by atoms with Gasteiger partial charge in [-0.15, -0.1) is 11.8 Å². The molecule has 8 nitrogen and oxygen atoms in total. The number of nitrogen functional groups attached to an aromatic ring is 1. The van der Waals surface area contributed by atoms with E-state index in [0.717, 1.165) is 22.4 Å². The lowest BCUT2D eigenvalue weighted by Gasteiger charge is -2.36.